The molecule has 0 saturated heterocycles. The maximum atomic E-state index is 5.35. The highest BCUT2D eigenvalue weighted by molar-refractivity contribution is 5.79. The van der Waals surface area contributed by atoms with E-state index in [1.807, 2.05) is 6.07 Å². The Morgan fingerprint density at radius 3 is 2.48 bits per heavy atom. The van der Waals surface area contributed by atoms with E-state index in [2.05, 4.69) is 79.7 Å². The Bertz CT molecular complexity index is 673. The zero-order valence-electron chi connectivity index (χ0n) is 16.0. The number of aliphatic imine (C=N–C) groups is 1. The summed E-state index contributed by atoms with van der Waals surface area (Å²) >= 11 is 0. The van der Waals surface area contributed by atoms with Crippen LogP contribution in [0.2, 0.25) is 0 Å². The molecular weight excluding hydrogens is 312 g/mol. The summed E-state index contributed by atoms with van der Waals surface area (Å²) in [6.07, 6.45) is 0. The van der Waals surface area contributed by atoms with Gasteiger partial charge in [0.2, 0.25) is 0 Å². The number of hydrogen-bond donors (Lipinski definition) is 2. The zero-order chi connectivity index (χ0) is 18.2. The molecule has 2 N–H and O–H groups in total. The molecule has 25 heavy (non-hydrogen) atoms. The summed E-state index contributed by atoms with van der Waals surface area (Å²) in [5, 5.41) is 10.8. The predicted molar refractivity (Wildman–Crippen MR) is 103 cm³/mol. The third-order valence-corrected chi connectivity index (χ3v) is 4.13. The first-order chi connectivity index (χ1) is 12.0. The predicted octanol–water partition coefficient (Wildman–Crippen LogP) is 3.97. The van der Waals surface area contributed by atoms with Crippen LogP contribution in [0.25, 0.3) is 0 Å². The van der Waals surface area contributed by atoms with Crippen LogP contribution in [0.1, 0.15) is 62.1 Å². The molecule has 2 rings (SSSR count). The fourth-order valence-corrected chi connectivity index (χ4v) is 2.44. The van der Waals surface area contributed by atoms with Crippen LogP contribution in [-0.4, -0.2) is 24.2 Å². The van der Waals surface area contributed by atoms with E-state index >= 15 is 0 Å². The van der Waals surface area contributed by atoms with Crippen molar-refractivity contribution in [3.63, 3.8) is 0 Å². The summed E-state index contributed by atoms with van der Waals surface area (Å²) in [5.41, 5.74) is 3.58. The highest BCUT2D eigenvalue weighted by Gasteiger charge is 2.09. The summed E-state index contributed by atoms with van der Waals surface area (Å²) in [7, 11) is 0. The van der Waals surface area contributed by atoms with Crippen molar-refractivity contribution < 1.29 is 4.52 Å². The minimum atomic E-state index is 0.364. The van der Waals surface area contributed by atoms with Gasteiger partial charge < -0.3 is 15.2 Å². The van der Waals surface area contributed by atoms with Gasteiger partial charge in [-0.25, -0.2) is 4.99 Å². The lowest BCUT2D eigenvalue weighted by Crippen LogP contribution is -2.39. The molecule has 0 bridgehead atoms. The molecule has 2 aromatic rings. The Balaban J connectivity index is 1.93. The second kappa shape index (κ2) is 9.25. The van der Waals surface area contributed by atoms with E-state index in [9.17, 15) is 0 Å². The molecule has 0 saturated carbocycles. The lowest BCUT2D eigenvalue weighted by Gasteiger charge is -2.16. The fourth-order valence-electron chi connectivity index (χ4n) is 2.44. The Kier molecular flexibility index (Phi) is 7.04. The summed E-state index contributed by atoms with van der Waals surface area (Å²) in [6.45, 7) is 12.7. The first-order valence-corrected chi connectivity index (χ1v) is 9.03. The molecule has 0 fully saturated rings. The lowest BCUT2D eigenvalue weighted by molar-refractivity contribution is 0.376. The highest BCUT2D eigenvalue weighted by Crippen LogP contribution is 2.15. The van der Waals surface area contributed by atoms with Gasteiger partial charge in [0, 0.05) is 19.2 Å². The number of aryl methyl sites for hydroxylation is 1. The van der Waals surface area contributed by atoms with E-state index < -0.39 is 0 Å². The van der Waals surface area contributed by atoms with Crippen molar-refractivity contribution in [2.75, 3.05) is 13.1 Å². The summed E-state index contributed by atoms with van der Waals surface area (Å²) in [6, 6.07) is 10.7. The number of benzene rings is 1. The minimum absolute atomic E-state index is 0.364. The Morgan fingerprint density at radius 2 is 1.88 bits per heavy atom. The maximum absolute atomic E-state index is 5.35. The topological polar surface area (TPSA) is 62.5 Å². The number of hydrogen-bond acceptors (Lipinski definition) is 3. The SMILES string of the molecule is CCNC(=NCc1cc(C(C)C)no1)NCC(C)c1ccc(C)cc1. The second-order valence-electron chi connectivity index (χ2n) is 6.76. The average molecular weight is 342 g/mol. The molecule has 5 heteroatoms. The van der Waals surface area contributed by atoms with Crippen LogP contribution in [0.5, 0.6) is 0 Å². The second-order valence-corrected chi connectivity index (χ2v) is 6.76. The molecule has 0 aliphatic carbocycles. The minimum Gasteiger partial charge on any atom is -0.359 e. The quantitative estimate of drug-likeness (QED) is 0.590. The number of aromatic nitrogens is 1. The number of nitrogens with zero attached hydrogens (tertiary/aromatic N) is 2. The molecule has 0 aliphatic rings. The summed E-state index contributed by atoms with van der Waals surface area (Å²) in [5.74, 6) is 2.35. The molecule has 136 valence electrons. The average Bonchev–Trinajstić information content (AvgIpc) is 3.07. The molecule has 0 radical (unpaired) electrons. The van der Waals surface area contributed by atoms with Crippen molar-refractivity contribution >= 4 is 5.96 Å². The molecule has 1 unspecified atom stereocenters. The van der Waals surface area contributed by atoms with Crippen LogP contribution in [-0.2, 0) is 6.54 Å². The number of guanidine groups is 1. The molecule has 1 aromatic heterocycles. The van der Waals surface area contributed by atoms with Crippen molar-refractivity contribution in [1.82, 2.24) is 15.8 Å². The fraction of sp³-hybridized carbons (Fsp3) is 0.500. The van der Waals surface area contributed by atoms with Crippen LogP contribution in [0.3, 0.4) is 0 Å². The monoisotopic (exact) mass is 342 g/mol. The molecule has 0 amide bonds. The first-order valence-electron chi connectivity index (χ1n) is 9.03. The van der Waals surface area contributed by atoms with Crippen molar-refractivity contribution in [2.24, 2.45) is 4.99 Å². The van der Waals surface area contributed by atoms with Gasteiger partial charge in [-0.2, -0.15) is 0 Å². The Hall–Kier alpha value is -2.30. The van der Waals surface area contributed by atoms with Gasteiger partial charge >= 0.3 is 0 Å². The zero-order valence-corrected chi connectivity index (χ0v) is 16.0. The van der Waals surface area contributed by atoms with E-state index in [0.717, 1.165) is 30.5 Å². The molecule has 5 nitrogen and oxygen atoms in total. The van der Waals surface area contributed by atoms with Crippen molar-refractivity contribution in [2.45, 2.75) is 53.0 Å². The molecule has 0 aliphatic heterocycles. The molecule has 1 atom stereocenters. The standard InChI is InChI=1S/C20H30N4O/c1-6-21-20(23-13-18-11-19(14(2)3)24-25-18)22-12-16(5)17-9-7-15(4)8-10-17/h7-11,14,16H,6,12-13H2,1-5H3,(H2,21,22,23). The van der Waals surface area contributed by atoms with Gasteiger partial charge in [-0.05, 0) is 31.2 Å². The van der Waals surface area contributed by atoms with E-state index in [1.165, 1.54) is 11.1 Å². The lowest BCUT2D eigenvalue weighted by atomic mass is 10.0. The van der Waals surface area contributed by atoms with Gasteiger partial charge in [0.05, 0.1) is 5.69 Å². The van der Waals surface area contributed by atoms with Crippen LogP contribution in [0.4, 0.5) is 0 Å². The van der Waals surface area contributed by atoms with Gasteiger partial charge in [-0.3, -0.25) is 0 Å². The summed E-state index contributed by atoms with van der Waals surface area (Å²) in [4.78, 5) is 4.60. The number of nitrogens with one attached hydrogen (secondary N) is 2. The van der Waals surface area contributed by atoms with Gasteiger partial charge in [0.25, 0.3) is 0 Å². The summed E-state index contributed by atoms with van der Waals surface area (Å²) < 4.78 is 5.35. The van der Waals surface area contributed by atoms with Crippen molar-refractivity contribution in [3.8, 4) is 0 Å². The smallest absolute Gasteiger partial charge is 0.191 e. The molecule has 0 spiro atoms. The van der Waals surface area contributed by atoms with Gasteiger partial charge in [0.1, 0.15) is 6.54 Å². The Morgan fingerprint density at radius 1 is 1.16 bits per heavy atom. The molecule has 1 aromatic carbocycles. The molecule has 1 heterocycles. The van der Waals surface area contributed by atoms with Gasteiger partial charge in [-0.15, -0.1) is 0 Å². The van der Waals surface area contributed by atoms with Crippen molar-refractivity contribution in [3.05, 3.63) is 52.9 Å². The largest absolute Gasteiger partial charge is 0.359 e. The first kappa shape index (κ1) is 19.0. The third-order valence-electron chi connectivity index (χ3n) is 4.13. The van der Waals surface area contributed by atoms with Crippen LogP contribution in [0, 0.1) is 6.92 Å². The van der Waals surface area contributed by atoms with E-state index in [0.29, 0.717) is 18.4 Å². The van der Waals surface area contributed by atoms with E-state index in [1.54, 1.807) is 0 Å². The third kappa shape index (κ3) is 5.93. The Labute approximate surface area is 150 Å². The van der Waals surface area contributed by atoms with E-state index in [-0.39, 0.29) is 0 Å². The van der Waals surface area contributed by atoms with Gasteiger partial charge in [0.15, 0.2) is 11.7 Å². The molecular formula is C20H30N4O. The van der Waals surface area contributed by atoms with E-state index in [4.69, 9.17) is 4.52 Å². The normalized spacial score (nSPS) is 13.1. The highest BCUT2D eigenvalue weighted by atomic mass is 16.5. The van der Waals surface area contributed by atoms with Crippen molar-refractivity contribution in [1.29, 1.82) is 0 Å². The van der Waals surface area contributed by atoms with Crippen LogP contribution < -0.4 is 10.6 Å². The maximum Gasteiger partial charge on any atom is 0.191 e. The van der Waals surface area contributed by atoms with Crippen LogP contribution >= 0.6 is 0 Å². The van der Waals surface area contributed by atoms with Gasteiger partial charge in [-0.1, -0.05) is 55.8 Å². The van der Waals surface area contributed by atoms with Crippen LogP contribution in [0.15, 0.2) is 39.8 Å². The number of rotatable bonds is 7.